The fraction of sp³-hybridized carbons (Fsp3) is 0.368. The van der Waals surface area contributed by atoms with Gasteiger partial charge >= 0.3 is 0 Å². The summed E-state index contributed by atoms with van der Waals surface area (Å²) < 4.78 is 13.1. The van der Waals surface area contributed by atoms with Crippen molar-refractivity contribution in [2.24, 2.45) is 4.99 Å². The fourth-order valence-corrected chi connectivity index (χ4v) is 2.36. The first-order chi connectivity index (χ1) is 11.8. The van der Waals surface area contributed by atoms with Crippen LogP contribution in [0.2, 0.25) is 0 Å². The molecular formula is C19H26FIN4. The van der Waals surface area contributed by atoms with Crippen LogP contribution in [0.15, 0.2) is 53.7 Å². The van der Waals surface area contributed by atoms with Crippen LogP contribution in [0.4, 0.5) is 4.39 Å². The summed E-state index contributed by atoms with van der Waals surface area (Å²) in [5.74, 6) is 0.633. The number of nitrogens with one attached hydrogen (secondary N) is 2. The Bertz CT molecular complexity index is 634. The van der Waals surface area contributed by atoms with Gasteiger partial charge in [-0.1, -0.05) is 18.2 Å². The average Bonchev–Trinajstić information content (AvgIpc) is 2.60. The monoisotopic (exact) mass is 456 g/mol. The molecule has 0 bridgehead atoms. The minimum absolute atomic E-state index is 0. The standard InChI is InChI=1S/C19H25FN4.HI/c1-2-21-19(24-14-11-18-10-3-4-12-22-18)23-13-6-8-16-7-5-9-17(20)15-16;/h3-5,7,9-10,12,15H,2,6,8,11,13-14H2,1H3,(H2,21,23,24);1H. The van der Waals surface area contributed by atoms with Gasteiger partial charge in [0.1, 0.15) is 5.82 Å². The van der Waals surface area contributed by atoms with Gasteiger partial charge in [-0.15, -0.1) is 24.0 Å². The van der Waals surface area contributed by atoms with E-state index >= 15 is 0 Å². The maximum atomic E-state index is 13.1. The molecule has 0 saturated carbocycles. The van der Waals surface area contributed by atoms with Gasteiger partial charge in [0.25, 0.3) is 0 Å². The summed E-state index contributed by atoms with van der Waals surface area (Å²) in [4.78, 5) is 8.87. The summed E-state index contributed by atoms with van der Waals surface area (Å²) in [6.45, 7) is 4.35. The highest BCUT2D eigenvalue weighted by atomic mass is 127. The third kappa shape index (κ3) is 8.81. The van der Waals surface area contributed by atoms with Gasteiger partial charge in [-0.05, 0) is 49.6 Å². The van der Waals surface area contributed by atoms with E-state index in [1.54, 1.807) is 18.3 Å². The van der Waals surface area contributed by atoms with E-state index in [9.17, 15) is 4.39 Å². The molecule has 4 nitrogen and oxygen atoms in total. The number of hydrogen-bond donors (Lipinski definition) is 2. The first kappa shape index (κ1) is 21.3. The summed E-state index contributed by atoms with van der Waals surface area (Å²) in [6.07, 6.45) is 4.38. The number of guanidine groups is 1. The minimum atomic E-state index is -0.180. The molecule has 0 radical (unpaired) electrons. The lowest BCUT2D eigenvalue weighted by molar-refractivity contribution is 0.624. The van der Waals surface area contributed by atoms with Crippen molar-refractivity contribution in [1.82, 2.24) is 15.6 Å². The lowest BCUT2D eigenvalue weighted by atomic mass is 10.1. The quantitative estimate of drug-likeness (QED) is 0.277. The number of aromatic nitrogens is 1. The predicted molar refractivity (Wildman–Crippen MR) is 112 cm³/mol. The average molecular weight is 456 g/mol. The van der Waals surface area contributed by atoms with Gasteiger partial charge in [0.05, 0.1) is 0 Å². The van der Waals surface area contributed by atoms with Crippen LogP contribution in [0.3, 0.4) is 0 Å². The van der Waals surface area contributed by atoms with Crippen molar-refractivity contribution >= 4 is 29.9 Å². The zero-order valence-corrected chi connectivity index (χ0v) is 16.9. The normalized spacial score (nSPS) is 10.9. The zero-order chi connectivity index (χ0) is 17.0. The summed E-state index contributed by atoms with van der Waals surface area (Å²) in [7, 11) is 0. The molecule has 2 rings (SSSR count). The molecule has 0 amide bonds. The maximum Gasteiger partial charge on any atom is 0.191 e. The molecule has 0 unspecified atom stereocenters. The number of nitrogens with zero attached hydrogens (tertiary/aromatic N) is 2. The lowest BCUT2D eigenvalue weighted by Gasteiger charge is -2.11. The Balaban J connectivity index is 0.00000312. The van der Waals surface area contributed by atoms with E-state index in [-0.39, 0.29) is 29.8 Å². The molecule has 0 atom stereocenters. The van der Waals surface area contributed by atoms with Crippen LogP contribution in [-0.4, -0.2) is 30.6 Å². The highest BCUT2D eigenvalue weighted by Crippen LogP contribution is 2.06. The predicted octanol–water partition coefficient (Wildman–Crippen LogP) is 3.57. The molecule has 0 aliphatic rings. The number of pyridine rings is 1. The van der Waals surface area contributed by atoms with E-state index in [1.807, 2.05) is 31.2 Å². The van der Waals surface area contributed by atoms with E-state index in [4.69, 9.17) is 0 Å². The van der Waals surface area contributed by atoms with Crippen LogP contribution in [0.25, 0.3) is 0 Å². The number of benzene rings is 1. The molecule has 25 heavy (non-hydrogen) atoms. The fourth-order valence-electron chi connectivity index (χ4n) is 2.36. The highest BCUT2D eigenvalue weighted by molar-refractivity contribution is 14.0. The summed E-state index contributed by atoms with van der Waals surface area (Å²) >= 11 is 0. The van der Waals surface area contributed by atoms with Crippen molar-refractivity contribution in [3.63, 3.8) is 0 Å². The highest BCUT2D eigenvalue weighted by Gasteiger charge is 1.99. The van der Waals surface area contributed by atoms with Crippen LogP contribution in [0.1, 0.15) is 24.6 Å². The van der Waals surface area contributed by atoms with E-state index in [2.05, 4.69) is 20.6 Å². The third-order valence-corrected chi connectivity index (χ3v) is 3.53. The van der Waals surface area contributed by atoms with Crippen LogP contribution in [0, 0.1) is 5.82 Å². The smallest absolute Gasteiger partial charge is 0.191 e. The number of aryl methyl sites for hydroxylation is 1. The molecule has 136 valence electrons. The molecule has 0 spiro atoms. The van der Waals surface area contributed by atoms with Crippen molar-refractivity contribution in [3.05, 3.63) is 65.7 Å². The summed E-state index contributed by atoms with van der Waals surface area (Å²) in [6, 6.07) is 12.7. The SMILES string of the molecule is CCNC(=NCCCc1cccc(F)c1)NCCc1ccccn1.I. The second kappa shape index (κ2) is 12.6. The van der Waals surface area contributed by atoms with E-state index in [1.165, 1.54) is 6.07 Å². The third-order valence-electron chi connectivity index (χ3n) is 3.53. The largest absolute Gasteiger partial charge is 0.357 e. The lowest BCUT2D eigenvalue weighted by Crippen LogP contribution is -2.38. The van der Waals surface area contributed by atoms with Crippen LogP contribution < -0.4 is 10.6 Å². The Morgan fingerprint density at radius 2 is 2.00 bits per heavy atom. The van der Waals surface area contributed by atoms with Crippen molar-refractivity contribution in [1.29, 1.82) is 0 Å². The summed E-state index contributed by atoms with van der Waals surface area (Å²) in [5, 5.41) is 6.55. The minimum Gasteiger partial charge on any atom is -0.357 e. The molecule has 0 saturated heterocycles. The Morgan fingerprint density at radius 3 is 2.72 bits per heavy atom. The Morgan fingerprint density at radius 1 is 1.12 bits per heavy atom. The van der Waals surface area contributed by atoms with Gasteiger partial charge < -0.3 is 10.6 Å². The van der Waals surface area contributed by atoms with Crippen molar-refractivity contribution < 1.29 is 4.39 Å². The molecule has 0 aliphatic heterocycles. The first-order valence-electron chi connectivity index (χ1n) is 8.44. The van der Waals surface area contributed by atoms with Crippen molar-refractivity contribution in [3.8, 4) is 0 Å². The Hall–Kier alpha value is -1.70. The van der Waals surface area contributed by atoms with Crippen LogP contribution >= 0.6 is 24.0 Å². The van der Waals surface area contributed by atoms with Gasteiger partial charge in [0, 0.05) is 37.9 Å². The molecule has 2 N–H and O–H groups in total. The van der Waals surface area contributed by atoms with Gasteiger partial charge in [0.2, 0.25) is 0 Å². The summed E-state index contributed by atoms with van der Waals surface area (Å²) in [5.41, 5.74) is 2.07. The van der Waals surface area contributed by atoms with Crippen molar-refractivity contribution in [2.45, 2.75) is 26.2 Å². The van der Waals surface area contributed by atoms with E-state index in [0.717, 1.165) is 49.6 Å². The number of hydrogen-bond acceptors (Lipinski definition) is 2. The van der Waals surface area contributed by atoms with Gasteiger partial charge in [-0.3, -0.25) is 9.98 Å². The Labute approximate surface area is 166 Å². The molecule has 1 heterocycles. The van der Waals surface area contributed by atoms with Gasteiger partial charge in [-0.25, -0.2) is 4.39 Å². The number of halogens is 2. The van der Waals surface area contributed by atoms with E-state index in [0.29, 0.717) is 6.54 Å². The molecular weight excluding hydrogens is 430 g/mol. The second-order valence-electron chi connectivity index (χ2n) is 5.49. The maximum absolute atomic E-state index is 13.1. The van der Waals surface area contributed by atoms with Crippen molar-refractivity contribution in [2.75, 3.05) is 19.6 Å². The molecule has 0 aliphatic carbocycles. The van der Waals surface area contributed by atoms with Gasteiger partial charge in [0.15, 0.2) is 5.96 Å². The molecule has 2 aromatic rings. The first-order valence-corrected chi connectivity index (χ1v) is 8.44. The Kier molecular flexibility index (Phi) is 10.8. The topological polar surface area (TPSA) is 49.3 Å². The zero-order valence-electron chi connectivity index (χ0n) is 14.5. The van der Waals surface area contributed by atoms with Gasteiger partial charge in [-0.2, -0.15) is 0 Å². The molecule has 1 aromatic carbocycles. The van der Waals surface area contributed by atoms with Crippen LogP contribution in [0.5, 0.6) is 0 Å². The number of rotatable bonds is 8. The molecule has 6 heteroatoms. The molecule has 0 fully saturated rings. The van der Waals surface area contributed by atoms with E-state index < -0.39 is 0 Å². The molecule has 1 aromatic heterocycles. The second-order valence-corrected chi connectivity index (χ2v) is 5.49. The van der Waals surface area contributed by atoms with Crippen LogP contribution in [-0.2, 0) is 12.8 Å². The number of aliphatic imine (C=N–C) groups is 1.